The van der Waals surface area contributed by atoms with Gasteiger partial charge in [-0.05, 0) is 22.0 Å². The van der Waals surface area contributed by atoms with Gasteiger partial charge >= 0.3 is 0 Å². The first-order valence-corrected chi connectivity index (χ1v) is 7.12. The Morgan fingerprint density at radius 1 is 1.10 bits per heavy atom. The highest BCUT2D eigenvalue weighted by atomic mass is 79.9. The van der Waals surface area contributed by atoms with Crippen LogP contribution >= 0.6 is 15.9 Å². The van der Waals surface area contributed by atoms with Crippen LogP contribution in [-0.4, -0.2) is 31.8 Å². The molecular formula is C14H13BrN6. The molecule has 0 spiro atoms. The van der Waals surface area contributed by atoms with Crippen molar-refractivity contribution in [1.82, 2.24) is 24.7 Å². The van der Waals surface area contributed by atoms with Crippen LogP contribution in [0.2, 0.25) is 0 Å². The summed E-state index contributed by atoms with van der Waals surface area (Å²) >= 11 is 3.41. The Kier molecular flexibility index (Phi) is 3.66. The molecule has 0 saturated heterocycles. The zero-order chi connectivity index (χ0) is 14.8. The summed E-state index contributed by atoms with van der Waals surface area (Å²) in [6.45, 7) is 0. The number of nitrogens with zero attached hydrogens (tertiary/aromatic N) is 5. The Morgan fingerprint density at radius 2 is 1.95 bits per heavy atom. The third-order valence-electron chi connectivity index (χ3n) is 2.95. The number of hydrogen-bond donors (Lipinski definition) is 1. The molecule has 3 heterocycles. The van der Waals surface area contributed by atoms with Gasteiger partial charge in [0, 0.05) is 54.4 Å². The van der Waals surface area contributed by atoms with E-state index in [2.05, 4.69) is 41.3 Å². The molecule has 0 aliphatic carbocycles. The van der Waals surface area contributed by atoms with E-state index in [4.69, 9.17) is 0 Å². The van der Waals surface area contributed by atoms with Crippen molar-refractivity contribution in [3.05, 3.63) is 41.4 Å². The van der Waals surface area contributed by atoms with Gasteiger partial charge in [0.2, 0.25) is 0 Å². The number of aromatic nitrogens is 5. The molecule has 21 heavy (non-hydrogen) atoms. The standard InChI is InChI=1S/C14H13BrN6/c1-16-13-4-12(10-6-18-21(2)8-10)19-14(20-13)9-3-11(15)7-17-5-9/h3-8H,1-2H3,(H,16,19,20). The van der Waals surface area contributed by atoms with Crippen LogP contribution in [-0.2, 0) is 7.05 Å². The van der Waals surface area contributed by atoms with Gasteiger partial charge in [-0.3, -0.25) is 9.67 Å². The van der Waals surface area contributed by atoms with Crippen molar-refractivity contribution in [1.29, 1.82) is 0 Å². The van der Waals surface area contributed by atoms with Crippen LogP contribution in [0.1, 0.15) is 0 Å². The number of pyridine rings is 1. The minimum Gasteiger partial charge on any atom is -0.373 e. The van der Waals surface area contributed by atoms with E-state index in [1.54, 1.807) is 23.3 Å². The molecule has 0 bridgehead atoms. The van der Waals surface area contributed by atoms with Crippen LogP contribution in [0.5, 0.6) is 0 Å². The minimum absolute atomic E-state index is 0.620. The van der Waals surface area contributed by atoms with E-state index in [0.717, 1.165) is 27.1 Å². The maximum Gasteiger partial charge on any atom is 0.163 e. The third-order valence-corrected chi connectivity index (χ3v) is 3.38. The Morgan fingerprint density at radius 3 is 2.62 bits per heavy atom. The molecule has 3 rings (SSSR count). The van der Waals surface area contributed by atoms with Gasteiger partial charge in [0.05, 0.1) is 11.9 Å². The molecule has 7 heteroatoms. The summed E-state index contributed by atoms with van der Waals surface area (Å²) in [4.78, 5) is 13.3. The van der Waals surface area contributed by atoms with E-state index >= 15 is 0 Å². The van der Waals surface area contributed by atoms with Crippen LogP contribution < -0.4 is 5.32 Å². The Bertz CT molecular complexity index is 783. The van der Waals surface area contributed by atoms with Crippen molar-refractivity contribution in [3.8, 4) is 22.6 Å². The van der Waals surface area contributed by atoms with Crippen LogP contribution in [0.15, 0.2) is 41.4 Å². The molecule has 106 valence electrons. The molecular weight excluding hydrogens is 332 g/mol. The van der Waals surface area contributed by atoms with Crippen molar-refractivity contribution in [2.75, 3.05) is 12.4 Å². The fourth-order valence-electron chi connectivity index (χ4n) is 1.94. The summed E-state index contributed by atoms with van der Waals surface area (Å²) < 4.78 is 2.64. The highest BCUT2D eigenvalue weighted by molar-refractivity contribution is 9.10. The summed E-state index contributed by atoms with van der Waals surface area (Å²) in [5, 5.41) is 7.24. The zero-order valence-electron chi connectivity index (χ0n) is 11.6. The average molecular weight is 345 g/mol. The quantitative estimate of drug-likeness (QED) is 0.791. The molecule has 3 aromatic rings. The summed E-state index contributed by atoms with van der Waals surface area (Å²) in [5.41, 5.74) is 2.62. The molecule has 0 unspecified atom stereocenters. The number of hydrogen-bond acceptors (Lipinski definition) is 5. The second-order valence-electron chi connectivity index (χ2n) is 4.51. The van der Waals surface area contributed by atoms with Gasteiger partial charge in [-0.2, -0.15) is 5.10 Å². The molecule has 0 atom stereocenters. The molecule has 3 aromatic heterocycles. The molecule has 0 aliphatic heterocycles. The van der Waals surface area contributed by atoms with Crippen LogP contribution in [0.4, 0.5) is 5.82 Å². The van der Waals surface area contributed by atoms with Gasteiger partial charge in [-0.1, -0.05) is 0 Å². The van der Waals surface area contributed by atoms with Crippen LogP contribution in [0.25, 0.3) is 22.6 Å². The molecule has 0 saturated carbocycles. The van der Waals surface area contributed by atoms with Crippen molar-refractivity contribution in [2.45, 2.75) is 0 Å². The lowest BCUT2D eigenvalue weighted by Crippen LogP contribution is -1.99. The van der Waals surface area contributed by atoms with Crippen molar-refractivity contribution < 1.29 is 0 Å². The molecule has 0 amide bonds. The smallest absolute Gasteiger partial charge is 0.163 e. The van der Waals surface area contributed by atoms with Gasteiger partial charge in [0.15, 0.2) is 5.82 Å². The topological polar surface area (TPSA) is 68.5 Å². The Balaban J connectivity index is 2.13. The fraction of sp³-hybridized carbons (Fsp3) is 0.143. The van der Waals surface area contributed by atoms with E-state index in [9.17, 15) is 0 Å². The third kappa shape index (κ3) is 2.92. The number of nitrogens with one attached hydrogen (secondary N) is 1. The molecule has 0 fully saturated rings. The first kappa shape index (κ1) is 13.7. The van der Waals surface area contributed by atoms with Crippen LogP contribution in [0.3, 0.4) is 0 Å². The van der Waals surface area contributed by atoms with Crippen molar-refractivity contribution in [3.63, 3.8) is 0 Å². The predicted molar refractivity (Wildman–Crippen MR) is 84.7 cm³/mol. The largest absolute Gasteiger partial charge is 0.373 e. The number of aryl methyl sites for hydroxylation is 1. The molecule has 0 aromatic carbocycles. The first-order chi connectivity index (χ1) is 10.2. The Hall–Kier alpha value is -2.28. The summed E-state index contributed by atoms with van der Waals surface area (Å²) in [7, 11) is 3.71. The number of rotatable bonds is 3. The summed E-state index contributed by atoms with van der Waals surface area (Å²) in [6.07, 6.45) is 7.18. The lowest BCUT2D eigenvalue weighted by molar-refractivity contribution is 0.768. The van der Waals surface area contributed by atoms with Gasteiger partial charge in [-0.25, -0.2) is 9.97 Å². The lowest BCUT2D eigenvalue weighted by atomic mass is 10.2. The van der Waals surface area contributed by atoms with E-state index in [-0.39, 0.29) is 0 Å². The maximum absolute atomic E-state index is 4.61. The van der Waals surface area contributed by atoms with E-state index in [0.29, 0.717) is 5.82 Å². The van der Waals surface area contributed by atoms with Gasteiger partial charge in [0.1, 0.15) is 5.82 Å². The first-order valence-electron chi connectivity index (χ1n) is 6.32. The second-order valence-corrected chi connectivity index (χ2v) is 5.42. The number of anilines is 1. The summed E-state index contributed by atoms with van der Waals surface area (Å²) in [6, 6.07) is 3.83. The van der Waals surface area contributed by atoms with E-state index < -0.39 is 0 Å². The molecule has 0 aliphatic rings. The molecule has 1 N–H and O–H groups in total. The van der Waals surface area contributed by atoms with Crippen molar-refractivity contribution >= 4 is 21.7 Å². The minimum atomic E-state index is 0.620. The van der Waals surface area contributed by atoms with E-state index in [1.807, 2.05) is 32.4 Å². The maximum atomic E-state index is 4.61. The zero-order valence-corrected chi connectivity index (χ0v) is 13.2. The molecule has 0 radical (unpaired) electrons. The Labute approximate surface area is 130 Å². The van der Waals surface area contributed by atoms with Crippen molar-refractivity contribution in [2.24, 2.45) is 7.05 Å². The van der Waals surface area contributed by atoms with Gasteiger partial charge < -0.3 is 5.32 Å². The summed E-state index contributed by atoms with van der Waals surface area (Å²) in [5.74, 6) is 1.37. The number of halogens is 1. The van der Waals surface area contributed by atoms with Gasteiger partial charge in [0.25, 0.3) is 0 Å². The highest BCUT2D eigenvalue weighted by Crippen LogP contribution is 2.24. The fourth-order valence-corrected chi connectivity index (χ4v) is 2.30. The predicted octanol–water partition coefficient (Wildman–Crippen LogP) is 2.74. The van der Waals surface area contributed by atoms with E-state index in [1.165, 1.54) is 0 Å². The lowest BCUT2D eigenvalue weighted by Gasteiger charge is -2.07. The van der Waals surface area contributed by atoms with Crippen LogP contribution in [0, 0.1) is 0 Å². The molecule has 6 nitrogen and oxygen atoms in total. The highest BCUT2D eigenvalue weighted by Gasteiger charge is 2.10. The SMILES string of the molecule is CNc1cc(-c2cnn(C)c2)nc(-c2cncc(Br)c2)n1. The van der Waals surface area contributed by atoms with Gasteiger partial charge in [-0.15, -0.1) is 0 Å². The monoisotopic (exact) mass is 344 g/mol. The average Bonchev–Trinajstić information content (AvgIpc) is 2.93. The second kappa shape index (κ2) is 5.61. The normalized spacial score (nSPS) is 10.6.